The van der Waals surface area contributed by atoms with Gasteiger partial charge in [-0.1, -0.05) is 12.1 Å². The van der Waals surface area contributed by atoms with E-state index < -0.39 is 6.10 Å². The van der Waals surface area contributed by atoms with E-state index in [9.17, 15) is 5.11 Å². The summed E-state index contributed by atoms with van der Waals surface area (Å²) >= 11 is 0. The Bertz CT molecular complexity index is 656. The van der Waals surface area contributed by atoms with Gasteiger partial charge in [0.2, 0.25) is 5.95 Å². The first-order valence-electron chi connectivity index (χ1n) is 8.42. The van der Waals surface area contributed by atoms with Crippen LogP contribution in [0.5, 0.6) is 0 Å². The van der Waals surface area contributed by atoms with Crippen LogP contribution in [-0.4, -0.2) is 52.7 Å². The smallest absolute Gasteiger partial charge is 0.225 e. The van der Waals surface area contributed by atoms with E-state index in [2.05, 4.69) is 19.8 Å². The fourth-order valence-corrected chi connectivity index (χ4v) is 2.96. The average molecular weight is 327 g/mol. The molecule has 1 aromatic heterocycles. The van der Waals surface area contributed by atoms with E-state index in [0.717, 1.165) is 55.5 Å². The average Bonchev–Trinajstić information content (AvgIpc) is 2.63. The molecule has 6 heteroatoms. The fraction of sp³-hybridized carbons (Fsp3) is 0.444. The molecular weight excluding hydrogens is 302 g/mol. The van der Waals surface area contributed by atoms with Crippen LogP contribution in [0, 0.1) is 6.92 Å². The number of hydrogen-bond acceptors (Lipinski definition) is 6. The van der Waals surface area contributed by atoms with E-state index >= 15 is 0 Å². The third-order valence-corrected chi connectivity index (χ3v) is 4.61. The van der Waals surface area contributed by atoms with Gasteiger partial charge in [0.25, 0.3) is 0 Å². The standard InChI is InChI=1S/C18H25N5O/c1-14-3-4-15(13-16(14)19)17(24)5-8-22-9-11-23(12-10-22)18-20-6-2-7-21-18/h2-4,6-7,13,17,24H,5,8-12,19H2,1H3. The molecule has 1 aromatic carbocycles. The number of aromatic nitrogens is 2. The molecule has 0 amide bonds. The molecule has 1 atom stereocenters. The van der Waals surface area contributed by atoms with E-state index in [0.29, 0.717) is 6.42 Å². The predicted molar refractivity (Wildman–Crippen MR) is 95.9 cm³/mol. The lowest BCUT2D eigenvalue weighted by Crippen LogP contribution is -2.47. The molecule has 2 heterocycles. The minimum Gasteiger partial charge on any atom is -0.399 e. The number of hydrogen-bond donors (Lipinski definition) is 2. The predicted octanol–water partition coefficient (Wildman–Crippen LogP) is 1.61. The molecule has 3 rings (SSSR count). The van der Waals surface area contributed by atoms with E-state index in [1.807, 2.05) is 31.2 Å². The minimum atomic E-state index is -0.469. The van der Waals surface area contributed by atoms with E-state index in [-0.39, 0.29) is 0 Å². The van der Waals surface area contributed by atoms with Crippen molar-refractivity contribution < 1.29 is 5.11 Å². The van der Waals surface area contributed by atoms with Gasteiger partial charge < -0.3 is 15.7 Å². The Labute approximate surface area is 142 Å². The van der Waals surface area contributed by atoms with Gasteiger partial charge >= 0.3 is 0 Å². The molecule has 1 fully saturated rings. The first kappa shape index (κ1) is 16.7. The Balaban J connectivity index is 1.47. The van der Waals surface area contributed by atoms with E-state index in [1.165, 1.54) is 0 Å². The number of rotatable bonds is 5. The lowest BCUT2D eigenvalue weighted by Gasteiger charge is -2.35. The zero-order valence-electron chi connectivity index (χ0n) is 14.1. The van der Waals surface area contributed by atoms with Crippen LogP contribution in [0.2, 0.25) is 0 Å². The van der Waals surface area contributed by atoms with Gasteiger partial charge in [0.05, 0.1) is 6.10 Å². The van der Waals surface area contributed by atoms with Gasteiger partial charge in [0, 0.05) is 50.8 Å². The monoisotopic (exact) mass is 327 g/mol. The van der Waals surface area contributed by atoms with Gasteiger partial charge in [-0.3, -0.25) is 4.90 Å². The van der Waals surface area contributed by atoms with Gasteiger partial charge in [0.1, 0.15) is 0 Å². The highest BCUT2D eigenvalue weighted by Gasteiger charge is 2.19. The highest BCUT2D eigenvalue weighted by molar-refractivity contribution is 5.48. The van der Waals surface area contributed by atoms with Crippen LogP contribution in [0.1, 0.15) is 23.7 Å². The Kier molecular flexibility index (Phi) is 5.27. The Morgan fingerprint density at radius 1 is 1.17 bits per heavy atom. The Hall–Kier alpha value is -2.18. The second-order valence-corrected chi connectivity index (χ2v) is 6.30. The topological polar surface area (TPSA) is 78.5 Å². The maximum Gasteiger partial charge on any atom is 0.225 e. The van der Waals surface area contributed by atoms with Crippen LogP contribution >= 0.6 is 0 Å². The lowest BCUT2D eigenvalue weighted by atomic mass is 10.0. The summed E-state index contributed by atoms with van der Waals surface area (Å²) in [5.74, 6) is 0.798. The van der Waals surface area contributed by atoms with Crippen molar-refractivity contribution in [2.24, 2.45) is 0 Å². The summed E-state index contributed by atoms with van der Waals surface area (Å²) in [7, 11) is 0. The second kappa shape index (κ2) is 7.59. The molecule has 3 N–H and O–H groups in total. The van der Waals surface area contributed by atoms with Crippen molar-refractivity contribution in [1.29, 1.82) is 0 Å². The molecule has 1 aliphatic heterocycles. The molecular formula is C18H25N5O. The molecule has 6 nitrogen and oxygen atoms in total. The molecule has 0 saturated carbocycles. The summed E-state index contributed by atoms with van der Waals surface area (Å²) in [5, 5.41) is 10.4. The van der Waals surface area contributed by atoms with Crippen molar-refractivity contribution in [3.8, 4) is 0 Å². The van der Waals surface area contributed by atoms with E-state index in [1.54, 1.807) is 12.4 Å². The molecule has 0 bridgehead atoms. The summed E-state index contributed by atoms with van der Waals surface area (Å²) in [6, 6.07) is 7.64. The molecule has 1 unspecified atom stereocenters. The summed E-state index contributed by atoms with van der Waals surface area (Å²) in [6.45, 7) is 6.59. The van der Waals surface area contributed by atoms with Crippen LogP contribution < -0.4 is 10.6 Å². The summed E-state index contributed by atoms with van der Waals surface area (Å²) < 4.78 is 0. The molecule has 24 heavy (non-hydrogen) atoms. The van der Waals surface area contributed by atoms with Gasteiger partial charge in [-0.25, -0.2) is 9.97 Å². The number of aliphatic hydroxyl groups is 1. The molecule has 0 aliphatic carbocycles. The van der Waals surface area contributed by atoms with Crippen molar-refractivity contribution in [3.63, 3.8) is 0 Å². The third-order valence-electron chi connectivity index (χ3n) is 4.61. The highest BCUT2D eigenvalue weighted by atomic mass is 16.3. The minimum absolute atomic E-state index is 0.469. The zero-order chi connectivity index (χ0) is 16.9. The number of anilines is 2. The van der Waals surface area contributed by atoms with Crippen LogP contribution in [-0.2, 0) is 0 Å². The van der Waals surface area contributed by atoms with Crippen molar-refractivity contribution in [2.75, 3.05) is 43.4 Å². The number of nitrogens with zero attached hydrogens (tertiary/aromatic N) is 4. The summed E-state index contributed by atoms with van der Waals surface area (Å²) in [6.07, 6.45) is 3.80. The zero-order valence-corrected chi connectivity index (χ0v) is 14.1. The van der Waals surface area contributed by atoms with E-state index in [4.69, 9.17) is 5.73 Å². The summed E-state index contributed by atoms with van der Waals surface area (Å²) in [4.78, 5) is 13.2. The number of nitrogen functional groups attached to an aromatic ring is 1. The third kappa shape index (κ3) is 4.01. The lowest BCUT2D eigenvalue weighted by molar-refractivity contribution is 0.139. The van der Waals surface area contributed by atoms with Crippen molar-refractivity contribution in [1.82, 2.24) is 14.9 Å². The Morgan fingerprint density at radius 2 is 1.88 bits per heavy atom. The number of aryl methyl sites for hydroxylation is 1. The first-order chi connectivity index (χ1) is 11.6. The molecule has 0 spiro atoms. The largest absolute Gasteiger partial charge is 0.399 e. The second-order valence-electron chi connectivity index (χ2n) is 6.30. The summed E-state index contributed by atoms with van der Waals surface area (Å²) in [5.41, 5.74) is 8.61. The van der Waals surface area contributed by atoms with Gasteiger partial charge in [-0.2, -0.15) is 0 Å². The van der Waals surface area contributed by atoms with Crippen molar-refractivity contribution in [2.45, 2.75) is 19.4 Å². The fourth-order valence-electron chi connectivity index (χ4n) is 2.96. The molecule has 1 saturated heterocycles. The molecule has 1 aliphatic rings. The quantitative estimate of drug-likeness (QED) is 0.813. The molecule has 0 radical (unpaired) electrons. The maximum absolute atomic E-state index is 10.4. The van der Waals surface area contributed by atoms with Crippen LogP contribution in [0.3, 0.4) is 0 Å². The van der Waals surface area contributed by atoms with Crippen molar-refractivity contribution in [3.05, 3.63) is 47.8 Å². The molecule has 128 valence electrons. The Morgan fingerprint density at radius 3 is 2.54 bits per heavy atom. The van der Waals surface area contributed by atoms with Gasteiger partial charge in [-0.15, -0.1) is 0 Å². The highest BCUT2D eigenvalue weighted by Crippen LogP contribution is 2.22. The number of benzene rings is 1. The first-order valence-corrected chi connectivity index (χ1v) is 8.42. The maximum atomic E-state index is 10.4. The molecule has 2 aromatic rings. The van der Waals surface area contributed by atoms with Crippen LogP contribution in [0.4, 0.5) is 11.6 Å². The number of aliphatic hydroxyl groups excluding tert-OH is 1. The number of nitrogens with two attached hydrogens (primary N) is 1. The van der Waals surface area contributed by atoms with Crippen molar-refractivity contribution >= 4 is 11.6 Å². The normalized spacial score (nSPS) is 17.0. The van der Waals surface area contributed by atoms with Crippen LogP contribution in [0.15, 0.2) is 36.7 Å². The SMILES string of the molecule is Cc1ccc(C(O)CCN2CCN(c3ncccn3)CC2)cc1N. The number of piperazine rings is 1. The van der Waals surface area contributed by atoms with Gasteiger partial charge in [-0.05, 0) is 36.6 Å². The van der Waals surface area contributed by atoms with Crippen LogP contribution in [0.25, 0.3) is 0 Å². The van der Waals surface area contributed by atoms with Gasteiger partial charge in [0.15, 0.2) is 0 Å².